The molecule has 0 atom stereocenters. The Morgan fingerprint density at radius 1 is 0.879 bits per heavy atom. The lowest BCUT2D eigenvalue weighted by atomic mass is 10.0. The van der Waals surface area contributed by atoms with E-state index in [1.807, 2.05) is 80.6 Å². The van der Waals surface area contributed by atoms with Crippen LogP contribution in [-0.2, 0) is 11.3 Å². The summed E-state index contributed by atoms with van der Waals surface area (Å²) in [7, 11) is 0. The van der Waals surface area contributed by atoms with E-state index in [0.29, 0.717) is 17.9 Å². The van der Waals surface area contributed by atoms with Crippen molar-refractivity contribution in [3.05, 3.63) is 101 Å². The van der Waals surface area contributed by atoms with Gasteiger partial charge in [0.05, 0.1) is 11.4 Å². The molecule has 0 fully saturated rings. The Morgan fingerprint density at radius 3 is 2.18 bits per heavy atom. The van der Waals surface area contributed by atoms with Crippen molar-refractivity contribution in [3.8, 4) is 16.8 Å². The van der Waals surface area contributed by atoms with Crippen LogP contribution >= 0.6 is 0 Å². The maximum absolute atomic E-state index is 12.6. The highest BCUT2D eigenvalue weighted by Crippen LogP contribution is 2.33. The van der Waals surface area contributed by atoms with Crippen molar-refractivity contribution in [2.75, 3.05) is 5.32 Å². The highest BCUT2D eigenvalue weighted by molar-refractivity contribution is 5.95. The second-order valence-corrected chi connectivity index (χ2v) is 7.98. The van der Waals surface area contributed by atoms with E-state index in [1.54, 1.807) is 16.8 Å². The van der Waals surface area contributed by atoms with Gasteiger partial charge in [0.1, 0.15) is 5.82 Å². The highest BCUT2D eigenvalue weighted by Gasteiger charge is 2.19. The van der Waals surface area contributed by atoms with Gasteiger partial charge < -0.3 is 10.6 Å². The van der Waals surface area contributed by atoms with Crippen LogP contribution < -0.4 is 10.6 Å². The van der Waals surface area contributed by atoms with Crippen molar-refractivity contribution >= 4 is 17.6 Å². The van der Waals surface area contributed by atoms with Crippen LogP contribution in [0.3, 0.4) is 0 Å². The van der Waals surface area contributed by atoms with Gasteiger partial charge in [0.25, 0.3) is 5.91 Å². The molecule has 166 valence electrons. The summed E-state index contributed by atoms with van der Waals surface area (Å²) < 4.78 is 1.71. The Labute approximate surface area is 193 Å². The molecule has 2 N–H and O–H groups in total. The lowest BCUT2D eigenvalue weighted by molar-refractivity contribution is -0.114. The molecule has 0 aliphatic carbocycles. The van der Waals surface area contributed by atoms with E-state index in [0.717, 1.165) is 33.6 Å². The van der Waals surface area contributed by atoms with Gasteiger partial charge in [-0.25, -0.2) is 4.68 Å². The summed E-state index contributed by atoms with van der Waals surface area (Å²) in [6.07, 6.45) is 0. The van der Waals surface area contributed by atoms with Gasteiger partial charge in [-0.2, -0.15) is 5.10 Å². The van der Waals surface area contributed by atoms with Crippen molar-refractivity contribution in [1.82, 2.24) is 15.1 Å². The smallest absolute Gasteiger partial charge is 0.251 e. The molecule has 33 heavy (non-hydrogen) atoms. The number of hydrogen-bond donors (Lipinski definition) is 2. The highest BCUT2D eigenvalue weighted by atomic mass is 16.2. The van der Waals surface area contributed by atoms with Gasteiger partial charge in [-0.1, -0.05) is 60.2 Å². The number of aromatic nitrogens is 2. The van der Waals surface area contributed by atoms with Crippen LogP contribution in [0.4, 0.5) is 5.82 Å². The first-order chi connectivity index (χ1) is 15.9. The quantitative estimate of drug-likeness (QED) is 0.443. The summed E-state index contributed by atoms with van der Waals surface area (Å²) in [5.74, 6) is 0.274. The minimum absolute atomic E-state index is 0.149. The third-order valence-electron chi connectivity index (χ3n) is 5.37. The number of nitrogens with zero attached hydrogens (tertiary/aromatic N) is 2. The number of amides is 2. The molecule has 0 radical (unpaired) electrons. The molecular weight excluding hydrogens is 412 g/mol. The molecule has 4 aromatic rings. The molecule has 6 heteroatoms. The van der Waals surface area contributed by atoms with Crippen LogP contribution in [0.2, 0.25) is 0 Å². The molecule has 1 heterocycles. The first kappa shape index (κ1) is 22.0. The Hall–Kier alpha value is -4.19. The van der Waals surface area contributed by atoms with Crippen LogP contribution in [0.5, 0.6) is 0 Å². The van der Waals surface area contributed by atoms with E-state index >= 15 is 0 Å². The third kappa shape index (κ3) is 5.01. The average molecular weight is 439 g/mol. The molecule has 0 spiro atoms. The SMILES string of the molecule is CC(=O)Nc1c(-c2ccc(C)cc2)c(C)nn1-c1ccc(C(=O)NCc2ccccc2)cc1. The summed E-state index contributed by atoms with van der Waals surface area (Å²) in [4.78, 5) is 24.5. The molecule has 3 aromatic carbocycles. The molecule has 0 unspecified atom stereocenters. The normalized spacial score (nSPS) is 10.6. The Kier molecular flexibility index (Phi) is 6.36. The number of carbonyl (C=O) groups is 2. The van der Waals surface area contributed by atoms with Crippen molar-refractivity contribution in [1.29, 1.82) is 0 Å². The van der Waals surface area contributed by atoms with Gasteiger partial charge in [0.2, 0.25) is 5.91 Å². The van der Waals surface area contributed by atoms with Gasteiger partial charge in [-0.05, 0) is 49.2 Å². The predicted molar refractivity (Wildman–Crippen MR) is 130 cm³/mol. The van der Waals surface area contributed by atoms with E-state index < -0.39 is 0 Å². The maximum Gasteiger partial charge on any atom is 0.251 e. The molecule has 0 saturated carbocycles. The second-order valence-electron chi connectivity index (χ2n) is 7.98. The number of nitrogens with one attached hydrogen (secondary N) is 2. The molecule has 2 amide bonds. The molecule has 1 aromatic heterocycles. The number of carbonyl (C=O) groups excluding carboxylic acids is 2. The number of anilines is 1. The van der Waals surface area contributed by atoms with Crippen LogP contribution in [0, 0.1) is 13.8 Å². The van der Waals surface area contributed by atoms with Gasteiger partial charge in [-0.3, -0.25) is 9.59 Å². The minimum atomic E-state index is -0.179. The van der Waals surface area contributed by atoms with Crippen molar-refractivity contribution in [2.45, 2.75) is 27.3 Å². The van der Waals surface area contributed by atoms with Crippen molar-refractivity contribution < 1.29 is 9.59 Å². The van der Waals surface area contributed by atoms with E-state index in [9.17, 15) is 9.59 Å². The minimum Gasteiger partial charge on any atom is -0.348 e. The van der Waals surface area contributed by atoms with Crippen molar-refractivity contribution in [3.63, 3.8) is 0 Å². The Balaban J connectivity index is 1.62. The standard InChI is InChI=1S/C27H26N4O2/c1-18-9-11-22(12-10-18)25-19(2)30-31(26(25)29-20(3)32)24-15-13-23(14-16-24)27(33)28-17-21-7-5-4-6-8-21/h4-16H,17H2,1-3H3,(H,28,33)(H,29,32). The predicted octanol–water partition coefficient (Wildman–Crippen LogP) is 5.04. The molecule has 0 aliphatic heterocycles. The lowest BCUT2D eigenvalue weighted by Gasteiger charge is -2.11. The Morgan fingerprint density at radius 2 is 1.55 bits per heavy atom. The summed E-state index contributed by atoms with van der Waals surface area (Å²) in [6.45, 7) is 5.90. The van der Waals surface area contributed by atoms with E-state index in [4.69, 9.17) is 0 Å². The average Bonchev–Trinajstić information content (AvgIpc) is 3.14. The van der Waals surface area contributed by atoms with Crippen LogP contribution in [-0.4, -0.2) is 21.6 Å². The maximum atomic E-state index is 12.6. The largest absolute Gasteiger partial charge is 0.348 e. The summed E-state index contributed by atoms with van der Waals surface area (Å²) >= 11 is 0. The van der Waals surface area contributed by atoms with Gasteiger partial charge >= 0.3 is 0 Å². The third-order valence-corrected chi connectivity index (χ3v) is 5.37. The van der Waals surface area contributed by atoms with Crippen LogP contribution in [0.15, 0.2) is 78.9 Å². The zero-order valence-corrected chi connectivity index (χ0v) is 18.9. The molecule has 4 rings (SSSR count). The van der Waals surface area contributed by atoms with E-state index in [2.05, 4.69) is 15.7 Å². The van der Waals surface area contributed by atoms with E-state index in [1.165, 1.54) is 6.92 Å². The monoisotopic (exact) mass is 438 g/mol. The fourth-order valence-corrected chi connectivity index (χ4v) is 3.70. The summed E-state index contributed by atoms with van der Waals surface area (Å²) in [5, 5.41) is 10.5. The van der Waals surface area contributed by atoms with Crippen LogP contribution in [0.25, 0.3) is 16.8 Å². The summed E-state index contributed by atoms with van der Waals surface area (Å²) in [6, 6.07) is 25.1. The second kappa shape index (κ2) is 9.53. The first-order valence-corrected chi connectivity index (χ1v) is 10.8. The molecule has 0 aliphatic rings. The zero-order valence-electron chi connectivity index (χ0n) is 18.9. The molecule has 6 nitrogen and oxygen atoms in total. The number of aryl methyl sites for hydroxylation is 2. The topological polar surface area (TPSA) is 76.0 Å². The zero-order chi connectivity index (χ0) is 23.4. The fraction of sp³-hybridized carbons (Fsp3) is 0.148. The van der Waals surface area contributed by atoms with Gasteiger partial charge in [0, 0.05) is 24.6 Å². The number of hydrogen-bond acceptors (Lipinski definition) is 3. The number of rotatable bonds is 6. The van der Waals surface area contributed by atoms with Crippen LogP contribution in [0.1, 0.15) is 34.1 Å². The van der Waals surface area contributed by atoms with Gasteiger partial charge in [0.15, 0.2) is 0 Å². The van der Waals surface area contributed by atoms with Gasteiger partial charge in [-0.15, -0.1) is 0 Å². The lowest BCUT2D eigenvalue weighted by Crippen LogP contribution is -2.22. The molecular formula is C27H26N4O2. The summed E-state index contributed by atoms with van der Waals surface area (Å²) in [5.41, 5.74) is 6.15. The molecule has 0 bridgehead atoms. The molecule has 0 saturated heterocycles. The van der Waals surface area contributed by atoms with E-state index in [-0.39, 0.29) is 11.8 Å². The van der Waals surface area contributed by atoms with Crippen molar-refractivity contribution in [2.24, 2.45) is 0 Å². The number of benzene rings is 3. The fourth-order valence-electron chi connectivity index (χ4n) is 3.70. The Bertz CT molecular complexity index is 1270. The first-order valence-electron chi connectivity index (χ1n) is 10.8.